The average Bonchev–Trinajstić information content (AvgIpc) is 2.35. The first-order valence-corrected chi connectivity index (χ1v) is 6.13. The Labute approximate surface area is 107 Å². The first-order valence-electron chi connectivity index (χ1n) is 6.13. The highest BCUT2D eigenvalue weighted by atomic mass is 16.6. The third-order valence-electron chi connectivity index (χ3n) is 2.65. The Morgan fingerprint density at radius 2 is 2.22 bits per heavy atom. The summed E-state index contributed by atoms with van der Waals surface area (Å²) in [5, 5.41) is 13.9. The molecule has 0 fully saturated rings. The number of nitrogens with one attached hydrogen (secondary N) is 1. The van der Waals surface area contributed by atoms with Gasteiger partial charge < -0.3 is 10.1 Å². The summed E-state index contributed by atoms with van der Waals surface area (Å²) in [7, 11) is 0. The highest BCUT2D eigenvalue weighted by Crippen LogP contribution is 2.24. The number of aryl methyl sites for hydroxylation is 1. The predicted octanol–water partition coefficient (Wildman–Crippen LogP) is 2.53. The van der Waals surface area contributed by atoms with E-state index in [4.69, 9.17) is 4.74 Å². The first kappa shape index (κ1) is 14.4. The van der Waals surface area contributed by atoms with E-state index in [1.807, 2.05) is 6.92 Å². The van der Waals surface area contributed by atoms with E-state index in [1.165, 1.54) is 12.1 Å². The van der Waals surface area contributed by atoms with Crippen LogP contribution in [-0.2, 0) is 0 Å². The monoisotopic (exact) mass is 252 g/mol. The summed E-state index contributed by atoms with van der Waals surface area (Å²) in [6, 6.07) is 4.68. The smallest absolute Gasteiger partial charge is 0.273 e. The molecule has 0 aromatic heterocycles. The molecule has 0 amide bonds. The van der Waals surface area contributed by atoms with Gasteiger partial charge in [-0.25, -0.2) is 0 Å². The van der Waals surface area contributed by atoms with Gasteiger partial charge in [-0.3, -0.25) is 10.1 Å². The molecule has 5 heteroatoms. The van der Waals surface area contributed by atoms with Crippen LogP contribution in [0.2, 0.25) is 0 Å². The SMILES string of the molecule is CCNCC(C)COc1cc([N+](=O)[O-])ccc1C. The molecule has 0 aliphatic heterocycles. The summed E-state index contributed by atoms with van der Waals surface area (Å²) in [4.78, 5) is 10.3. The fourth-order valence-corrected chi connectivity index (χ4v) is 1.54. The van der Waals surface area contributed by atoms with Crippen molar-refractivity contribution < 1.29 is 9.66 Å². The Kier molecular flexibility index (Phi) is 5.58. The molecule has 5 nitrogen and oxygen atoms in total. The molecule has 1 aromatic rings. The minimum atomic E-state index is -0.408. The van der Waals surface area contributed by atoms with Crippen LogP contribution >= 0.6 is 0 Å². The first-order chi connectivity index (χ1) is 8.54. The molecule has 0 spiro atoms. The molecule has 1 unspecified atom stereocenters. The van der Waals surface area contributed by atoms with E-state index in [1.54, 1.807) is 6.07 Å². The summed E-state index contributed by atoms with van der Waals surface area (Å²) in [5.41, 5.74) is 0.978. The third kappa shape index (κ3) is 4.33. The van der Waals surface area contributed by atoms with Crippen molar-refractivity contribution in [2.75, 3.05) is 19.7 Å². The molecule has 100 valence electrons. The van der Waals surface area contributed by atoms with Gasteiger partial charge >= 0.3 is 0 Å². The van der Waals surface area contributed by atoms with Gasteiger partial charge in [0.05, 0.1) is 17.6 Å². The predicted molar refractivity (Wildman–Crippen MR) is 71.0 cm³/mol. The van der Waals surface area contributed by atoms with Gasteiger partial charge in [-0.05, 0) is 25.1 Å². The molecule has 1 rings (SSSR count). The van der Waals surface area contributed by atoms with Crippen molar-refractivity contribution in [3.8, 4) is 5.75 Å². The Morgan fingerprint density at radius 1 is 1.50 bits per heavy atom. The number of nitro benzene ring substituents is 1. The Morgan fingerprint density at radius 3 is 2.83 bits per heavy atom. The van der Waals surface area contributed by atoms with Crippen molar-refractivity contribution in [1.29, 1.82) is 0 Å². The second-order valence-electron chi connectivity index (χ2n) is 4.43. The van der Waals surface area contributed by atoms with Crippen LogP contribution in [-0.4, -0.2) is 24.6 Å². The maximum absolute atomic E-state index is 10.7. The van der Waals surface area contributed by atoms with Crippen molar-refractivity contribution in [2.45, 2.75) is 20.8 Å². The average molecular weight is 252 g/mol. The summed E-state index contributed by atoms with van der Waals surface area (Å²) in [6.45, 7) is 8.38. The maximum Gasteiger partial charge on any atom is 0.273 e. The fraction of sp³-hybridized carbons (Fsp3) is 0.538. The second kappa shape index (κ2) is 6.96. The van der Waals surface area contributed by atoms with Gasteiger partial charge in [-0.2, -0.15) is 0 Å². The van der Waals surface area contributed by atoms with Crippen molar-refractivity contribution in [3.63, 3.8) is 0 Å². The lowest BCUT2D eigenvalue weighted by Crippen LogP contribution is -2.24. The zero-order valence-electron chi connectivity index (χ0n) is 11.1. The normalized spacial score (nSPS) is 12.2. The molecule has 0 aliphatic carbocycles. The quantitative estimate of drug-likeness (QED) is 0.598. The molecule has 18 heavy (non-hydrogen) atoms. The molecule has 1 aromatic carbocycles. The van der Waals surface area contributed by atoms with Crippen LogP contribution in [0.1, 0.15) is 19.4 Å². The molecule has 0 aliphatic rings. The highest BCUT2D eigenvalue weighted by molar-refractivity contribution is 5.43. The van der Waals surface area contributed by atoms with Crippen molar-refractivity contribution in [3.05, 3.63) is 33.9 Å². The van der Waals surface area contributed by atoms with Crippen molar-refractivity contribution in [1.82, 2.24) is 5.32 Å². The van der Waals surface area contributed by atoms with E-state index in [2.05, 4.69) is 19.2 Å². The Bertz CT molecular complexity index is 407. The number of ether oxygens (including phenoxy) is 1. The standard InChI is InChI=1S/C13H20N2O3/c1-4-14-8-10(2)9-18-13-7-12(15(16)17)6-5-11(13)3/h5-7,10,14H,4,8-9H2,1-3H3. The minimum Gasteiger partial charge on any atom is -0.493 e. The van der Waals surface area contributed by atoms with E-state index in [-0.39, 0.29) is 5.69 Å². The number of benzene rings is 1. The van der Waals surface area contributed by atoms with Gasteiger partial charge in [0.1, 0.15) is 5.75 Å². The largest absolute Gasteiger partial charge is 0.493 e. The molecule has 0 radical (unpaired) electrons. The zero-order chi connectivity index (χ0) is 13.5. The lowest BCUT2D eigenvalue weighted by atomic mass is 10.2. The second-order valence-corrected chi connectivity index (χ2v) is 4.43. The lowest BCUT2D eigenvalue weighted by Gasteiger charge is -2.14. The van der Waals surface area contributed by atoms with Crippen LogP contribution in [0.15, 0.2) is 18.2 Å². The highest BCUT2D eigenvalue weighted by Gasteiger charge is 2.10. The van der Waals surface area contributed by atoms with Crippen LogP contribution in [0.4, 0.5) is 5.69 Å². The van der Waals surface area contributed by atoms with Gasteiger partial charge in [0, 0.05) is 18.5 Å². The van der Waals surface area contributed by atoms with Gasteiger partial charge in [0.25, 0.3) is 5.69 Å². The third-order valence-corrected chi connectivity index (χ3v) is 2.65. The number of hydrogen-bond donors (Lipinski definition) is 1. The van der Waals surface area contributed by atoms with Gasteiger partial charge in [-0.1, -0.05) is 13.8 Å². The van der Waals surface area contributed by atoms with E-state index >= 15 is 0 Å². The molecule has 1 N–H and O–H groups in total. The molecular weight excluding hydrogens is 232 g/mol. The van der Waals surface area contributed by atoms with Crippen LogP contribution in [0, 0.1) is 23.0 Å². The molecule has 1 atom stereocenters. The molecule has 0 bridgehead atoms. The van der Waals surface area contributed by atoms with Crippen molar-refractivity contribution >= 4 is 5.69 Å². The van der Waals surface area contributed by atoms with Gasteiger partial charge in [0.2, 0.25) is 0 Å². The number of nitro groups is 1. The van der Waals surface area contributed by atoms with E-state index in [0.717, 1.165) is 18.7 Å². The van der Waals surface area contributed by atoms with E-state index in [0.29, 0.717) is 18.3 Å². The van der Waals surface area contributed by atoms with Crippen molar-refractivity contribution in [2.24, 2.45) is 5.92 Å². The molecule has 0 heterocycles. The lowest BCUT2D eigenvalue weighted by molar-refractivity contribution is -0.385. The Hall–Kier alpha value is -1.62. The van der Waals surface area contributed by atoms with Crippen LogP contribution in [0.25, 0.3) is 0 Å². The summed E-state index contributed by atoms with van der Waals surface area (Å²) in [6.07, 6.45) is 0. The van der Waals surface area contributed by atoms with Gasteiger partial charge in [-0.15, -0.1) is 0 Å². The summed E-state index contributed by atoms with van der Waals surface area (Å²) in [5.74, 6) is 0.955. The van der Waals surface area contributed by atoms with Crippen LogP contribution < -0.4 is 10.1 Å². The fourth-order valence-electron chi connectivity index (χ4n) is 1.54. The van der Waals surface area contributed by atoms with Gasteiger partial charge in [0.15, 0.2) is 0 Å². The Balaban J connectivity index is 2.60. The van der Waals surface area contributed by atoms with E-state index in [9.17, 15) is 10.1 Å². The molecule has 0 saturated heterocycles. The number of rotatable bonds is 7. The van der Waals surface area contributed by atoms with Crippen LogP contribution in [0.5, 0.6) is 5.75 Å². The number of nitrogens with zero attached hydrogens (tertiary/aromatic N) is 1. The zero-order valence-corrected chi connectivity index (χ0v) is 11.1. The maximum atomic E-state index is 10.7. The summed E-state index contributed by atoms with van der Waals surface area (Å²) >= 11 is 0. The number of hydrogen-bond acceptors (Lipinski definition) is 4. The van der Waals surface area contributed by atoms with E-state index < -0.39 is 4.92 Å². The van der Waals surface area contributed by atoms with Crippen LogP contribution in [0.3, 0.4) is 0 Å². The molecule has 0 saturated carbocycles. The molecular formula is C13H20N2O3. The number of non-ortho nitro benzene ring substituents is 1. The topological polar surface area (TPSA) is 64.4 Å². The summed E-state index contributed by atoms with van der Waals surface area (Å²) < 4.78 is 5.64. The minimum absolute atomic E-state index is 0.0648.